The average molecular weight is 310 g/mol. The van der Waals surface area contributed by atoms with Gasteiger partial charge in [-0.3, -0.25) is 0 Å². The van der Waals surface area contributed by atoms with E-state index < -0.39 is 0 Å². The molecule has 112 valence electrons. The van der Waals surface area contributed by atoms with E-state index in [1.807, 2.05) is 6.07 Å². The Hall–Kier alpha value is -1.45. The van der Waals surface area contributed by atoms with Crippen LogP contribution in [0.5, 0.6) is 0 Å². The van der Waals surface area contributed by atoms with Crippen LogP contribution in [0.2, 0.25) is 5.02 Å². The third-order valence-electron chi connectivity index (χ3n) is 3.31. The lowest BCUT2D eigenvalue weighted by Gasteiger charge is -2.20. The fourth-order valence-corrected chi connectivity index (χ4v) is 2.59. The third kappa shape index (κ3) is 4.51. The maximum Gasteiger partial charge on any atom is 0.124 e. The molecule has 1 N–H and O–H groups in total. The monoisotopic (exact) mass is 309 g/mol. The van der Waals surface area contributed by atoms with Crippen LogP contribution in [0.4, 0.5) is 8.78 Å². The van der Waals surface area contributed by atoms with E-state index in [2.05, 4.69) is 12.2 Å². The van der Waals surface area contributed by atoms with Gasteiger partial charge in [0, 0.05) is 11.1 Å². The van der Waals surface area contributed by atoms with Gasteiger partial charge in [0.05, 0.1) is 0 Å². The lowest BCUT2D eigenvalue weighted by molar-refractivity contribution is 0.526. The van der Waals surface area contributed by atoms with Crippen LogP contribution in [-0.4, -0.2) is 6.54 Å². The van der Waals surface area contributed by atoms with Gasteiger partial charge >= 0.3 is 0 Å². The standard InChI is InChI=1S/C17H18ClF2N/c1-2-8-21-17(10-12-4-3-5-13(19)9-12)15-7-6-14(20)11-16(15)18/h3-7,9,11,17,21H,2,8,10H2,1H3. The summed E-state index contributed by atoms with van der Waals surface area (Å²) in [5, 5.41) is 3.77. The van der Waals surface area contributed by atoms with Gasteiger partial charge in [0.15, 0.2) is 0 Å². The molecule has 2 rings (SSSR count). The van der Waals surface area contributed by atoms with Gasteiger partial charge in [-0.05, 0) is 54.8 Å². The molecule has 0 spiro atoms. The van der Waals surface area contributed by atoms with E-state index in [4.69, 9.17) is 11.6 Å². The van der Waals surface area contributed by atoms with Gasteiger partial charge in [0.25, 0.3) is 0 Å². The number of rotatable bonds is 6. The van der Waals surface area contributed by atoms with E-state index in [0.29, 0.717) is 11.4 Å². The number of nitrogens with one attached hydrogen (secondary N) is 1. The zero-order valence-corrected chi connectivity index (χ0v) is 12.6. The molecule has 1 unspecified atom stereocenters. The molecule has 0 aliphatic heterocycles. The average Bonchev–Trinajstić information content (AvgIpc) is 2.44. The Balaban J connectivity index is 2.25. The topological polar surface area (TPSA) is 12.0 Å². The maximum atomic E-state index is 13.3. The fourth-order valence-electron chi connectivity index (χ4n) is 2.29. The van der Waals surface area contributed by atoms with Crippen molar-refractivity contribution in [1.82, 2.24) is 5.32 Å². The van der Waals surface area contributed by atoms with Crippen molar-refractivity contribution < 1.29 is 8.78 Å². The van der Waals surface area contributed by atoms with Crippen LogP contribution >= 0.6 is 11.6 Å². The Morgan fingerprint density at radius 1 is 1.10 bits per heavy atom. The first-order valence-electron chi connectivity index (χ1n) is 7.03. The van der Waals surface area contributed by atoms with Crippen molar-refractivity contribution in [2.45, 2.75) is 25.8 Å². The van der Waals surface area contributed by atoms with Crippen molar-refractivity contribution in [2.24, 2.45) is 0 Å². The van der Waals surface area contributed by atoms with Gasteiger partial charge in [0.2, 0.25) is 0 Å². The predicted octanol–water partition coefficient (Wildman–Crippen LogP) is 4.90. The first-order valence-corrected chi connectivity index (χ1v) is 7.40. The first kappa shape index (κ1) is 15.9. The summed E-state index contributed by atoms with van der Waals surface area (Å²) in [5.41, 5.74) is 1.71. The summed E-state index contributed by atoms with van der Waals surface area (Å²) in [7, 11) is 0. The highest BCUT2D eigenvalue weighted by atomic mass is 35.5. The summed E-state index contributed by atoms with van der Waals surface area (Å²) >= 11 is 6.15. The van der Waals surface area contributed by atoms with E-state index >= 15 is 0 Å². The molecule has 4 heteroatoms. The Kier molecular flexibility index (Phi) is 5.71. The second-order valence-corrected chi connectivity index (χ2v) is 5.41. The maximum absolute atomic E-state index is 13.3. The summed E-state index contributed by atoms with van der Waals surface area (Å²) in [6.45, 7) is 2.88. The quantitative estimate of drug-likeness (QED) is 0.800. The molecular formula is C17H18ClF2N. The summed E-state index contributed by atoms with van der Waals surface area (Å²) in [6.07, 6.45) is 1.57. The molecule has 0 amide bonds. The van der Waals surface area contributed by atoms with Crippen molar-refractivity contribution in [3.8, 4) is 0 Å². The van der Waals surface area contributed by atoms with Gasteiger partial charge < -0.3 is 5.32 Å². The summed E-state index contributed by atoms with van der Waals surface area (Å²) in [5.74, 6) is -0.615. The minimum absolute atomic E-state index is 0.0696. The van der Waals surface area contributed by atoms with E-state index in [1.54, 1.807) is 12.1 Å². The lowest BCUT2D eigenvalue weighted by atomic mass is 9.98. The number of hydrogen-bond acceptors (Lipinski definition) is 1. The van der Waals surface area contributed by atoms with Gasteiger partial charge in [-0.1, -0.05) is 36.7 Å². The molecule has 21 heavy (non-hydrogen) atoms. The van der Waals surface area contributed by atoms with E-state index in [9.17, 15) is 8.78 Å². The second kappa shape index (κ2) is 7.53. The first-order chi connectivity index (χ1) is 10.1. The SMILES string of the molecule is CCCNC(Cc1cccc(F)c1)c1ccc(F)cc1Cl. The fraction of sp³-hybridized carbons (Fsp3) is 0.294. The van der Waals surface area contributed by atoms with Crippen molar-refractivity contribution in [3.05, 3.63) is 70.2 Å². The summed E-state index contributed by atoms with van der Waals surface area (Å²) in [6, 6.07) is 10.8. The lowest BCUT2D eigenvalue weighted by Crippen LogP contribution is -2.24. The van der Waals surface area contributed by atoms with Gasteiger partial charge in [-0.25, -0.2) is 8.78 Å². The zero-order valence-electron chi connectivity index (χ0n) is 11.9. The van der Waals surface area contributed by atoms with E-state index in [0.717, 1.165) is 24.1 Å². The Labute approximate surface area is 128 Å². The highest BCUT2D eigenvalue weighted by Crippen LogP contribution is 2.27. The van der Waals surface area contributed by atoms with Crippen LogP contribution in [0.25, 0.3) is 0 Å². The van der Waals surface area contributed by atoms with Crippen molar-refractivity contribution in [3.63, 3.8) is 0 Å². The van der Waals surface area contributed by atoms with Crippen LogP contribution in [0.15, 0.2) is 42.5 Å². The van der Waals surface area contributed by atoms with Crippen molar-refractivity contribution >= 4 is 11.6 Å². The van der Waals surface area contributed by atoms with Crippen LogP contribution in [0.1, 0.15) is 30.5 Å². The number of hydrogen-bond donors (Lipinski definition) is 1. The Bertz CT molecular complexity index is 601. The molecule has 0 aromatic heterocycles. The van der Waals surface area contributed by atoms with Crippen LogP contribution in [0.3, 0.4) is 0 Å². The molecule has 1 atom stereocenters. The molecule has 2 aromatic carbocycles. The smallest absolute Gasteiger partial charge is 0.124 e. The highest BCUT2D eigenvalue weighted by Gasteiger charge is 2.15. The molecule has 0 saturated carbocycles. The molecule has 0 aliphatic carbocycles. The highest BCUT2D eigenvalue weighted by molar-refractivity contribution is 6.31. The second-order valence-electron chi connectivity index (χ2n) is 5.01. The number of halogens is 3. The van der Waals surface area contributed by atoms with Crippen LogP contribution in [-0.2, 0) is 6.42 Å². The van der Waals surface area contributed by atoms with Gasteiger partial charge in [-0.2, -0.15) is 0 Å². The minimum atomic E-state index is -0.358. The van der Waals surface area contributed by atoms with E-state index in [-0.39, 0.29) is 17.7 Å². The summed E-state index contributed by atoms with van der Waals surface area (Å²) in [4.78, 5) is 0. The molecular weight excluding hydrogens is 292 g/mol. The van der Waals surface area contributed by atoms with Gasteiger partial charge in [0.1, 0.15) is 11.6 Å². The molecule has 0 saturated heterocycles. The molecule has 0 heterocycles. The molecule has 0 bridgehead atoms. The normalized spacial score (nSPS) is 12.4. The molecule has 0 radical (unpaired) electrons. The largest absolute Gasteiger partial charge is 0.310 e. The Morgan fingerprint density at radius 2 is 1.86 bits per heavy atom. The Morgan fingerprint density at radius 3 is 2.52 bits per heavy atom. The van der Waals surface area contributed by atoms with Crippen LogP contribution < -0.4 is 5.32 Å². The predicted molar refractivity (Wildman–Crippen MR) is 82.5 cm³/mol. The van der Waals surface area contributed by atoms with Crippen molar-refractivity contribution in [2.75, 3.05) is 6.54 Å². The van der Waals surface area contributed by atoms with E-state index in [1.165, 1.54) is 24.3 Å². The zero-order chi connectivity index (χ0) is 15.2. The van der Waals surface area contributed by atoms with Crippen LogP contribution in [0, 0.1) is 11.6 Å². The third-order valence-corrected chi connectivity index (χ3v) is 3.63. The number of benzene rings is 2. The summed E-state index contributed by atoms with van der Waals surface area (Å²) < 4.78 is 26.5. The van der Waals surface area contributed by atoms with Gasteiger partial charge in [-0.15, -0.1) is 0 Å². The van der Waals surface area contributed by atoms with Crippen molar-refractivity contribution in [1.29, 1.82) is 0 Å². The molecule has 0 aliphatic rings. The molecule has 1 nitrogen and oxygen atoms in total. The molecule has 0 fully saturated rings. The minimum Gasteiger partial charge on any atom is -0.310 e. The molecule has 2 aromatic rings.